The number of halogens is 2. The Morgan fingerprint density at radius 1 is 1.00 bits per heavy atom. The molecule has 2 amide bonds. The van der Waals surface area contributed by atoms with Crippen molar-refractivity contribution in [2.75, 3.05) is 0 Å². The number of rotatable bonds is 6. The van der Waals surface area contributed by atoms with E-state index < -0.39 is 29.4 Å². The highest BCUT2D eigenvalue weighted by Gasteiger charge is 2.36. The van der Waals surface area contributed by atoms with Crippen LogP contribution in [0.25, 0.3) is 16.7 Å². The summed E-state index contributed by atoms with van der Waals surface area (Å²) in [6.45, 7) is 1.19. The Hall–Kier alpha value is -5.27. The molecule has 0 bridgehead atoms. The normalized spacial score (nSPS) is 16.0. The molecule has 0 saturated carbocycles. The van der Waals surface area contributed by atoms with Crippen molar-refractivity contribution >= 4 is 28.6 Å². The van der Waals surface area contributed by atoms with Crippen molar-refractivity contribution < 1.29 is 32.3 Å². The van der Waals surface area contributed by atoms with Gasteiger partial charge in [-0.2, -0.15) is 9.49 Å². The number of hydrogen-bond acceptors (Lipinski definition) is 8. The summed E-state index contributed by atoms with van der Waals surface area (Å²) >= 11 is 0. The molecule has 1 aliphatic heterocycles. The van der Waals surface area contributed by atoms with Crippen LogP contribution in [-0.4, -0.2) is 37.0 Å². The first-order valence-corrected chi connectivity index (χ1v) is 12.0. The van der Waals surface area contributed by atoms with Gasteiger partial charge >= 0.3 is 11.8 Å². The Bertz CT molecular complexity index is 1890. The quantitative estimate of drug-likeness (QED) is 0.329. The standard InChI is InChI=1S/C26H20F2N6O6/c1-26(28)39-20-6-4-14(8-21(20)40-26)11-30-24(36)18-9-16(32-22-15(27)12-31-34(18)22)23(35)29-10-13-3-5-19-17(7-13)33(2)25(37)38-19/h3-9,12H,10-11H2,1-2H3,(H,29,35)(H,30,36). The molecule has 5 aromatic rings. The van der Waals surface area contributed by atoms with Crippen molar-refractivity contribution in [2.45, 2.75) is 26.1 Å². The van der Waals surface area contributed by atoms with Crippen LogP contribution in [0.1, 0.15) is 39.0 Å². The second-order valence-electron chi connectivity index (χ2n) is 9.17. The van der Waals surface area contributed by atoms with Crippen LogP contribution in [0.5, 0.6) is 11.5 Å². The summed E-state index contributed by atoms with van der Waals surface area (Å²) in [5.41, 5.74) is 1.56. The van der Waals surface area contributed by atoms with Crippen LogP contribution in [0.15, 0.2) is 57.9 Å². The third-order valence-electron chi connectivity index (χ3n) is 6.25. The van der Waals surface area contributed by atoms with Gasteiger partial charge in [0.15, 0.2) is 28.5 Å². The van der Waals surface area contributed by atoms with Gasteiger partial charge in [-0.25, -0.2) is 18.7 Å². The second kappa shape index (κ2) is 9.18. The number of aryl methyl sites for hydroxylation is 1. The average molecular weight is 550 g/mol. The summed E-state index contributed by atoms with van der Waals surface area (Å²) in [5, 5.41) is 9.21. The maximum atomic E-state index is 14.4. The first-order chi connectivity index (χ1) is 19.1. The van der Waals surface area contributed by atoms with Gasteiger partial charge in [0.25, 0.3) is 11.8 Å². The Balaban J connectivity index is 1.20. The van der Waals surface area contributed by atoms with E-state index in [0.717, 1.165) is 17.6 Å². The highest BCUT2D eigenvalue weighted by Crippen LogP contribution is 2.40. The fourth-order valence-electron chi connectivity index (χ4n) is 4.28. The zero-order valence-electron chi connectivity index (χ0n) is 21.0. The minimum Gasteiger partial charge on any atom is -0.423 e. The molecule has 12 nitrogen and oxygen atoms in total. The van der Waals surface area contributed by atoms with Crippen molar-refractivity contribution in [1.82, 2.24) is 29.8 Å². The summed E-state index contributed by atoms with van der Waals surface area (Å²) in [6.07, 6.45) is 0.886. The number of carbonyl (C=O) groups is 2. The zero-order chi connectivity index (χ0) is 28.2. The topological polar surface area (TPSA) is 142 Å². The number of nitrogens with one attached hydrogen (secondary N) is 2. The maximum Gasteiger partial charge on any atom is 0.419 e. The van der Waals surface area contributed by atoms with Crippen LogP contribution in [0.2, 0.25) is 0 Å². The Labute approximate surface area is 223 Å². The van der Waals surface area contributed by atoms with Crippen molar-refractivity contribution in [3.8, 4) is 11.5 Å². The molecule has 204 valence electrons. The minimum absolute atomic E-state index is 0.00651. The highest BCUT2D eigenvalue weighted by atomic mass is 19.2. The predicted octanol–water partition coefficient (Wildman–Crippen LogP) is 2.59. The molecular weight excluding hydrogens is 530 g/mol. The van der Waals surface area contributed by atoms with E-state index in [2.05, 4.69) is 20.7 Å². The zero-order valence-corrected chi connectivity index (χ0v) is 21.0. The van der Waals surface area contributed by atoms with Gasteiger partial charge in [-0.15, -0.1) is 0 Å². The largest absolute Gasteiger partial charge is 0.423 e. The maximum absolute atomic E-state index is 14.4. The Morgan fingerprint density at radius 2 is 1.70 bits per heavy atom. The lowest BCUT2D eigenvalue weighted by Gasteiger charge is -2.10. The summed E-state index contributed by atoms with van der Waals surface area (Å²) in [5.74, 6) is -2.24. The summed E-state index contributed by atoms with van der Waals surface area (Å²) in [7, 11) is 1.56. The van der Waals surface area contributed by atoms with Crippen molar-refractivity contribution in [3.63, 3.8) is 0 Å². The highest BCUT2D eigenvalue weighted by molar-refractivity contribution is 5.98. The molecule has 0 spiro atoms. The van der Waals surface area contributed by atoms with E-state index in [1.54, 1.807) is 31.3 Å². The minimum atomic E-state index is -2.28. The molecule has 3 aromatic heterocycles. The first kappa shape index (κ1) is 25.0. The number of oxazole rings is 1. The van der Waals surface area contributed by atoms with E-state index in [0.29, 0.717) is 22.2 Å². The van der Waals surface area contributed by atoms with Gasteiger partial charge in [-0.1, -0.05) is 12.1 Å². The predicted molar refractivity (Wildman–Crippen MR) is 134 cm³/mol. The number of ether oxygens (including phenoxy) is 2. The number of hydrogen-bond donors (Lipinski definition) is 2. The van der Waals surface area contributed by atoms with Gasteiger partial charge in [-0.3, -0.25) is 14.2 Å². The molecule has 0 fully saturated rings. The average Bonchev–Trinajstić information content (AvgIpc) is 3.55. The number of fused-ring (bicyclic) bond motifs is 3. The van der Waals surface area contributed by atoms with E-state index in [1.165, 1.54) is 22.8 Å². The number of amides is 2. The molecule has 2 N–H and O–H groups in total. The molecule has 0 radical (unpaired) electrons. The molecule has 2 aromatic carbocycles. The number of benzene rings is 2. The third-order valence-corrected chi connectivity index (χ3v) is 6.25. The number of carbonyl (C=O) groups excluding carboxylic acids is 2. The van der Waals surface area contributed by atoms with Crippen LogP contribution in [0.4, 0.5) is 8.78 Å². The van der Waals surface area contributed by atoms with Crippen LogP contribution in [0.3, 0.4) is 0 Å². The molecular formula is C26H20F2N6O6. The van der Waals surface area contributed by atoms with Crippen molar-refractivity contribution in [3.05, 3.63) is 87.5 Å². The summed E-state index contributed by atoms with van der Waals surface area (Å²) in [6, 6.07) is 8.56. The van der Waals surface area contributed by atoms with Crippen molar-refractivity contribution in [2.24, 2.45) is 7.05 Å². The molecule has 40 heavy (non-hydrogen) atoms. The smallest absolute Gasteiger partial charge is 0.419 e. The van der Waals surface area contributed by atoms with Gasteiger partial charge in [0.1, 0.15) is 11.4 Å². The van der Waals surface area contributed by atoms with E-state index in [1.807, 2.05) is 0 Å². The molecule has 1 aliphatic rings. The van der Waals surface area contributed by atoms with Gasteiger partial charge in [0, 0.05) is 33.1 Å². The fourth-order valence-corrected chi connectivity index (χ4v) is 4.28. The van der Waals surface area contributed by atoms with E-state index in [4.69, 9.17) is 13.9 Å². The molecule has 4 heterocycles. The van der Waals surface area contributed by atoms with Gasteiger partial charge < -0.3 is 24.5 Å². The SMILES string of the molecule is Cn1c(=O)oc2ccc(CNC(=O)c3cc(C(=O)NCc4ccc5c(c4)OC(C)(F)O5)n4ncc(F)c4n3)cc21. The molecule has 0 aliphatic carbocycles. The first-order valence-electron chi connectivity index (χ1n) is 12.0. The van der Waals surface area contributed by atoms with Crippen LogP contribution in [-0.2, 0) is 20.1 Å². The number of nitrogens with zero attached hydrogens (tertiary/aromatic N) is 4. The second-order valence-corrected chi connectivity index (χ2v) is 9.17. The lowest BCUT2D eigenvalue weighted by Crippen LogP contribution is -2.28. The number of aromatic nitrogens is 4. The molecule has 0 saturated heterocycles. The number of alkyl halides is 1. The van der Waals surface area contributed by atoms with Gasteiger partial charge in [0.05, 0.1) is 11.7 Å². The van der Waals surface area contributed by atoms with E-state index >= 15 is 0 Å². The Morgan fingerprint density at radius 3 is 2.50 bits per heavy atom. The lowest BCUT2D eigenvalue weighted by molar-refractivity contribution is -0.173. The molecule has 1 unspecified atom stereocenters. The third kappa shape index (κ3) is 4.48. The van der Waals surface area contributed by atoms with Gasteiger partial charge in [-0.05, 0) is 35.4 Å². The van der Waals surface area contributed by atoms with E-state index in [9.17, 15) is 23.2 Å². The monoisotopic (exact) mass is 550 g/mol. The molecule has 14 heteroatoms. The summed E-state index contributed by atoms with van der Waals surface area (Å²) in [4.78, 5) is 41.8. The lowest BCUT2D eigenvalue weighted by atomic mass is 10.2. The molecule has 6 rings (SSSR count). The molecule has 1 atom stereocenters. The fraction of sp³-hybridized carbons (Fsp3) is 0.192. The van der Waals surface area contributed by atoms with Gasteiger partial charge in [0.2, 0.25) is 0 Å². The Kier molecular flexibility index (Phi) is 5.75. The van der Waals surface area contributed by atoms with E-state index in [-0.39, 0.29) is 41.6 Å². The van der Waals surface area contributed by atoms with Crippen LogP contribution in [0, 0.1) is 5.82 Å². The van der Waals surface area contributed by atoms with Crippen LogP contribution >= 0.6 is 0 Å². The summed E-state index contributed by atoms with van der Waals surface area (Å²) < 4.78 is 45.9. The van der Waals surface area contributed by atoms with Crippen molar-refractivity contribution in [1.29, 1.82) is 0 Å². The van der Waals surface area contributed by atoms with Crippen LogP contribution < -0.4 is 25.9 Å².